The molecule has 1 aliphatic heterocycles. The van der Waals surface area contributed by atoms with Crippen LogP contribution in [0.1, 0.15) is 19.3 Å². The van der Waals surface area contributed by atoms with Crippen LogP contribution in [0.25, 0.3) is 0 Å². The van der Waals surface area contributed by atoms with Gasteiger partial charge in [0.15, 0.2) is 0 Å². The Morgan fingerprint density at radius 2 is 1.15 bits per heavy atom. The zero-order valence-corrected chi connectivity index (χ0v) is 14.5. The van der Waals surface area contributed by atoms with E-state index in [2.05, 4.69) is 0 Å². The number of nitrogens with zero attached hydrogens (tertiary/aromatic N) is 3. The van der Waals surface area contributed by atoms with Crippen LogP contribution in [0.3, 0.4) is 0 Å². The van der Waals surface area contributed by atoms with Gasteiger partial charge in [-0.1, -0.05) is 0 Å². The Morgan fingerprint density at radius 1 is 0.692 bits per heavy atom. The van der Waals surface area contributed by atoms with E-state index in [1.165, 1.54) is 5.06 Å². The van der Waals surface area contributed by atoms with Crippen molar-refractivity contribution in [3.63, 3.8) is 0 Å². The summed E-state index contributed by atoms with van der Waals surface area (Å²) in [6.45, 7) is 1.63. The van der Waals surface area contributed by atoms with E-state index in [1.807, 2.05) is 0 Å². The third-order valence-electron chi connectivity index (χ3n) is 3.78. The Kier molecular flexibility index (Phi) is 9.55. The highest BCUT2D eigenvalue weighted by atomic mass is 16.7. The highest BCUT2D eigenvalue weighted by Gasteiger charge is 2.21. The van der Waals surface area contributed by atoms with E-state index in [-0.39, 0.29) is 45.4 Å². The molecule has 148 valence electrons. The highest BCUT2D eigenvalue weighted by Crippen LogP contribution is 2.04. The molecule has 0 spiro atoms. The van der Waals surface area contributed by atoms with Crippen LogP contribution in [0.2, 0.25) is 0 Å². The quantitative estimate of drug-likeness (QED) is 0.445. The van der Waals surface area contributed by atoms with Gasteiger partial charge in [-0.15, -0.1) is 5.06 Å². The van der Waals surface area contributed by atoms with Crippen LogP contribution in [0.5, 0.6) is 0 Å². The second-order valence-corrected chi connectivity index (χ2v) is 5.98. The van der Waals surface area contributed by atoms with E-state index in [0.717, 1.165) is 0 Å². The third-order valence-corrected chi connectivity index (χ3v) is 3.78. The summed E-state index contributed by atoms with van der Waals surface area (Å²) in [6.07, 6.45) is -0.00730. The van der Waals surface area contributed by atoms with Crippen LogP contribution in [0, 0.1) is 0 Å². The lowest BCUT2D eigenvalue weighted by atomic mass is 10.2. The molecule has 11 nitrogen and oxygen atoms in total. The summed E-state index contributed by atoms with van der Waals surface area (Å²) in [5.41, 5.74) is 0. The molecule has 26 heavy (non-hydrogen) atoms. The van der Waals surface area contributed by atoms with Gasteiger partial charge in [0.2, 0.25) is 0 Å². The first kappa shape index (κ1) is 21.8. The number of hydrogen-bond acceptors (Lipinski definition) is 8. The molecule has 1 fully saturated rings. The lowest BCUT2D eigenvalue weighted by molar-refractivity contribution is -0.192. The minimum Gasteiger partial charge on any atom is -0.481 e. The fourth-order valence-corrected chi connectivity index (χ4v) is 2.49. The summed E-state index contributed by atoms with van der Waals surface area (Å²) in [7, 11) is 0. The van der Waals surface area contributed by atoms with E-state index in [9.17, 15) is 19.2 Å². The van der Waals surface area contributed by atoms with Gasteiger partial charge in [-0.2, -0.15) is 0 Å². The molecule has 1 aliphatic rings. The number of rotatable bonds is 9. The van der Waals surface area contributed by atoms with Crippen molar-refractivity contribution in [1.29, 1.82) is 0 Å². The van der Waals surface area contributed by atoms with Crippen molar-refractivity contribution < 1.29 is 39.3 Å². The molecule has 0 aromatic rings. The third kappa shape index (κ3) is 9.91. The van der Waals surface area contributed by atoms with Crippen molar-refractivity contribution in [3.8, 4) is 0 Å². The fourth-order valence-electron chi connectivity index (χ4n) is 2.49. The molecule has 0 aromatic carbocycles. The second kappa shape index (κ2) is 11.4. The van der Waals surface area contributed by atoms with Gasteiger partial charge in [-0.05, 0) is 6.42 Å². The molecule has 0 unspecified atom stereocenters. The zero-order valence-electron chi connectivity index (χ0n) is 14.5. The average Bonchev–Trinajstić information content (AvgIpc) is 2.59. The number of carboxylic acids is 3. The van der Waals surface area contributed by atoms with Crippen LogP contribution in [-0.4, -0.2) is 106 Å². The predicted molar refractivity (Wildman–Crippen MR) is 87.3 cm³/mol. The van der Waals surface area contributed by atoms with Crippen molar-refractivity contribution in [2.45, 2.75) is 19.3 Å². The number of carbonyl (C=O) groups excluding carboxylic acids is 1. The van der Waals surface area contributed by atoms with Crippen molar-refractivity contribution in [2.24, 2.45) is 0 Å². The number of aliphatic carboxylic acids is 3. The predicted octanol–water partition coefficient (Wildman–Crippen LogP) is -1.21. The maximum absolute atomic E-state index is 11.8. The highest BCUT2D eigenvalue weighted by molar-refractivity contribution is 5.71. The van der Waals surface area contributed by atoms with E-state index in [4.69, 9.17) is 20.2 Å². The molecule has 0 amide bonds. The molecule has 0 aromatic heterocycles. The largest absolute Gasteiger partial charge is 0.481 e. The standard InChI is InChI=1S/C15H25N3O8/c19-12(20)2-1-3-15(25)26-18-8-6-16(10-13(21)22)4-5-17(7-9-18)11-14(23)24/h1-11H2,(H,19,20)(H,21,22)(H,23,24). The van der Waals surface area contributed by atoms with Crippen LogP contribution in [0.4, 0.5) is 0 Å². The van der Waals surface area contributed by atoms with Gasteiger partial charge >= 0.3 is 23.9 Å². The lowest BCUT2D eigenvalue weighted by Gasteiger charge is -2.23. The Hall–Kier alpha value is -2.24. The van der Waals surface area contributed by atoms with Gasteiger partial charge in [-0.3, -0.25) is 29.0 Å². The lowest BCUT2D eigenvalue weighted by Crippen LogP contribution is -2.40. The number of carboxylic acid groups (broad SMARTS) is 3. The average molecular weight is 375 g/mol. The van der Waals surface area contributed by atoms with Crippen LogP contribution in [0.15, 0.2) is 0 Å². The van der Waals surface area contributed by atoms with Gasteiger partial charge < -0.3 is 20.2 Å². The van der Waals surface area contributed by atoms with E-state index < -0.39 is 23.9 Å². The van der Waals surface area contributed by atoms with Crippen LogP contribution >= 0.6 is 0 Å². The van der Waals surface area contributed by atoms with Crippen LogP contribution < -0.4 is 0 Å². The molecule has 0 atom stereocenters. The van der Waals surface area contributed by atoms with E-state index >= 15 is 0 Å². The Balaban J connectivity index is 2.62. The molecule has 0 radical (unpaired) electrons. The number of carbonyl (C=O) groups is 4. The molecular weight excluding hydrogens is 350 g/mol. The van der Waals surface area contributed by atoms with Crippen molar-refractivity contribution >= 4 is 23.9 Å². The van der Waals surface area contributed by atoms with Gasteiger partial charge in [0.05, 0.1) is 13.1 Å². The van der Waals surface area contributed by atoms with Gasteiger partial charge in [-0.25, -0.2) is 0 Å². The summed E-state index contributed by atoms with van der Waals surface area (Å²) < 4.78 is 0. The first-order chi connectivity index (χ1) is 12.3. The Bertz CT molecular complexity index is 485. The van der Waals surface area contributed by atoms with E-state index in [0.29, 0.717) is 26.2 Å². The minimum absolute atomic E-state index is 0.0412. The van der Waals surface area contributed by atoms with Crippen LogP contribution in [-0.2, 0) is 24.0 Å². The summed E-state index contributed by atoms with van der Waals surface area (Å²) in [5.74, 6) is -3.55. The van der Waals surface area contributed by atoms with Crippen molar-refractivity contribution in [2.75, 3.05) is 52.4 Å². The maximum Gasteiger partial charge on any atom is 0.325 e. The maximum atomic E-state index is 11.8. The fraction of sp³-hybridized carbons (Fsp3) is 0.733. The molecule has 0 bridgehead atoms. The Morgan fingerprint density at radius 3 is 1.58 bits per heavy atom. The molecule has 11 heteroatoms. The minimum atomic E-state index is -0.994. The topological polar surface area (TPSA) is 148 Å². The number of hydrogen-bond donors (Lipinski definition) is 3. The first-order valence-electron chi connectivity index (χ1n) is 8.32. The summed E-state index contributed by atoms with van der Waals surface area (Å²) >= 11 is 0. The summed E-state index contributed by atoms with van der Waals surface area (Å²) in [4.78, 5) is 52.7. The molecule has 0 aliphatic carbocycles. The normalized spacial score (nSPS) is 17.7. The van der Waals surface area contributed by atoms with Crippen molar-refractivity contribution in [3.05, 3.63) is 0 Å². The van der Waals surface area contributed by atoms with Gasteiger partial charge in [0, 0.05) is 52.1 Å². The molecule has 1 heterocycles. The molecule has 1 saturated heterocycles. The Labute approximate surface area is 150 Å². The number of hydroxylamine groups is 2. The summed E-state index contributed by atoms with van der Waals surface area (Å²) in [6, 6.07) is 0. The molecule has 1 rings (SSSR count). The van der Waals surface area contributed by atoms with Gasteiger partial charge in [0.1, 0.15) is 0 Å². The first-order valence-corrected chi connectivity index (χ1v) is 8.32. The summed E-state index contributed by atoms with van der Waals surface area (Å²) in [5, 5.41) is 27.9. The van der Waals surface area contributed by atoms with E-state index in [1.54, 1.807) is 9.80 Å². The molecular formula is C15H25N3O8. The second-order valence-electron chi connectivity index (χ2n) is 5.98. The van der Waals surface area contributed by atoms with Crippen molar-refractivity contribution in [1.82, 2.24) is 14.9 Å². The SMILES string of the molecule is O=C(O)CCCC(=O)ON1CCN(CC(=O)O)CCN(CC(=O)O)CC1. The monoisotopic (exact) mass is 375 g/mol. The molecule has 3 N–H and O–H groups in total. The van der Waals surface area contributed by atoms with Gasteiger partial charge in [0.25, 0.3) is 0 Å². The smallest absolute Gasteiger partial charge is 0.325 e. The molecule has 0 saturated carbocycles. The zero-order chi connectivity index (χ0) is 19.5.